The maximum Gasteiger partial charge on any atom is 0.331 e. The molecule has 0 aromatic heterocycles. The molecule has 0 radical (unpaired) electrons. The zero-order chi connectivity index (χ0) is 17.9. The average molecular weight is 324 g/mol. The summed E-state index contributed by atoms with van der Waals surface area (Å²) in [6.07, 6.45) is 1.93. The van der Waals surface area contributed by atoms with Crippen molar-refractivity contribution in [1.82, 2.24) is 0 Å². The zero-order valence-electron chi connectivity index (χ0n) is 14.6. The quantitative estimate of drug-likeness (QED) is 0.757. The molecule has 0 aliphatic rings. The van der Waals surface area contributed by atoms with E-state index in [9.17, 15) is 9.90 Å². The number of carboxylic acid groups (broad SMARTS) is 1. The van der Waals surface area contributed by atoms with E-state index in [0.717, 1.165) is 11.1 Å². The summed E-state index contributed by atoms with van der Waals surface area (Å²) < 4.78 is 0. The lowest BCUT2D eigenvalue weighted by molar-refractivity contribution is -0.132. The van der Waals surface area contributed by atoms with Crippen LogP contribution in [0.4, 0.5) is 0 Å². The van der Waals surface area contributed by atoms with Gasteiger partial charge in [0.25, 0.3) is 0 Å². The Morgan fingerprint density at radius 3 is 2.12 bits per heavy atom. The van der Waals surface area contributed by atoms with Crippen LogP contribution < -0.4 is 0 Å². The lowest BCUT2D eigenvalue weighted by atomic mass is 9.86. The summed E-state index contributed by atoms with van der Waals surface area (Å²) >= 11 is 0. The second-order valence-electron chi connectivity index (χ2n) is 6.93. The Morgan fingerprint density at radius 1 is 1.04 bits per heavy atom. The standard InChI is InChI=1S/C21H24O3/c1-5-14(20(23)24)12-17-13-16(8-11-19(17)22)15-6-9-18(10-7-15)21(2,3)4/h6-13,22H,5H2,1-4H3,(H,23,24). The number of carboxylic acids is 1. The van der Waals surface area contributed by atoms with Crippen molar-refractivity contribution in [3.8, 4) is 16.9 Å². The maximum absolute atomic E-state index is 11.2. The maximum atomic E-state index is 11.2. The summed E-state index contributed by atoms with van der Waals surface area (Å²) in [5.41, 5.74) is 4.12. The smallest absolute Gasteiger partial charge is 0.331 e. The summed E-state index contributed by atoms with van der Waals surface area (Å²) in [5, 5.41) is 19.2. The summed E-state index contributed by atoms with van der Waals surface area (Å²) in [5.74, 6) is -0.880. The Morgan fingerprint density at radius 2 is 1.62 bits per heavy atom. The van der Waals surface area contributed by atoms with Gasteiger partial charge in [-0.25, -0.2) is 4.79 Å². The number of benzene rings is 2. The molecule has 2 N–H and O–H groups in total. The molecule has 3 nitrogen and oxygen atoms in total. The first-order valence-corrected chi connectivity index (χ1v) is 8.10. The van der Waals surface area contributed by atoms with Crippen LogP contribution in [0, 0.1) is 0 Å². The van der Waals surface area contributed by atoms with E-state index in [0.29, 0.717) is 12.0 Å². The minimum absolute atomic E-state index is 0.0808. The first kappa shape index (κ1) is 17.8. The molecule has 0 saturated carbocycles. The molecule has 0 saturated heterocycles. The highest BCUT2D eigenvalue weighted by Gasteiger charge is 2.13. The van der Waals surface area contributed by atoms with Gasteiger partial charge in [0, 0.05) is 11.1 Å². The molecule has 0 amide bonds. The highest BCUT2D eigenvalue weighted by molar-refractivity contribution is 5.92. The summed E-state index contributed by atoms with van der Waals surface area (Å²) in [6.45, 7) is 8.29. The molecule has 2 aromatic rings. The molecule has 3 heteroatoms. The van der Waals surface area contributed by atoms with Crippen molar-refractivity contribution >= 4 is 12.0 Å². The Bertz CT molecular complexity index is 763. The van der Waals surface area contributed by atoms with Gasteiger partial charge in [-0.15, -0.1) is 0 Å². The van der Waals surface area contributed by atoms with Crippen molar-refractivity contribution in [2.75, 3.05) is 0 Å². The molecule has 0 unspecified atom stereocenters. The van der Waals surface area contributed by atoms with Crippen molar-refractivity contribution in [1.29, 1.82) is 0 Å². The van der Waals surface area contributed by atoms with E-state index >= 15 is 0 Å². The molecular weight excluding hydrogens is 300 g/mol. The van der Waals surface area contributed by atoms with Gasteiger partial charge < -0.3 is 10.2 Å². The first-order valence-electron chi connectivity index (χ1n) is 8.10. The molecule has 24 heavy (non-hydrogen) atoms. The van der Waals surface area contributed by atoms with Crippen molar-refractivity contribution in [2.45, 2.75) is 39.5 Å². The highest BCUT2D eigenvalue weighted by atomic mass is 16.4. The van der Waals surface area contributed by atoms with Crippen LogP contribution in [0.2, 0.25) is 0 Å². The largest absolute Gasteiger partial charge is 0.507 e. The Balaban J connectivity index is 2.43. The van der Waals surface area contributed by atoms with Gasteiger partial charge in [-0.3, -0.25) is 0 Å². The van der Waals surface area contributed by atoms with Gasteiger partial charge in [0.1, 0.15) is 5.75 Å². The van der Waals surface area contributed by atoms with E-state index < -0.39 is 5.97 Å². The van der Waals surface area contributed by atoms with Crippen LogP contribution >= 0.6 is 0 Å². The molecule has 0 atom stereocenters. The van der Waals surface area contributed by atoms with E-state index in [1.807, 2.05) is 12.1 Å². The molecule has 2 aromatic carbocycles. The number of phenols is 1. The van der Waals surface area contributed by atoms with E-state index in [1.165, 1.54) is 11.6 Å². The van der Waals surface area contributed by atoms with Gasteiger partial charge in [0.05, 0.1) is 0 Å². The predicted octanol–water partition coefficient (Wildman–Crippen LogP) is 5.23. The molecule has 0 heterocycles. The summed E-state index contributed by atoms with van der Waals surface area (Å²) in [4.78, 5) is 11.2. The number of aliphatic carboxylic acids is 1. The molecule has 0 fully saturated rings. The van der Waals surface area contributed by atoms with E-state index in [2.05, 4.69) is 45.0 Å². The average Bonchev–Trinajstić information content (AvgIpc) is 2.53. The van der Waals surface area contributed by atoms with Gasteiger partial charge in [-0.2, -0.15) is 0 Å². The Hall–Kier alpha value is -2.55. The van der Waals surface area contributed by atoms with Crippen molar-refractivity contribution < 1.29 is 15.0 Å². The van der Waals surface area contributed by atoms with Crippen LogP contribution in [0.25, 0.3) is 17.2 Å². The lowest BCUT2D eigenvalue weighted by Crippen LogP contribution is -2.10. The van der Waals surface area contributed by atoms with Crippen LogP contribution in [0.15, 0.2) is 48.0 Å². The molecule has 0 bridgehead atoms. The van der Waals surface area contributed by atoms with Crippen LogP contribution in [0.1, 0.15) is 45.2 Å². The summed E-state index contributed by atoms with van der Waals surface area (Å²) in [7, 11) is 0. The number of hydrogen-bond donors (Lipinski definition) is 2. The predicted molar refractivity (Wildman–Crippen MR) is 98.1 cm³/mol. The fourth-order valence-corrected chi connectivity index (χ4v) is 2.52. The van der Waals surface area contributed by atoms with Gasteiger partial charge in [0.2, 0.25) is 0 Å². The third kappa shape index (κ3) is 4.05. The topological polar surface area (TPSA) is 57.5 Å². The molecular formula is C21H24O3. The minimum atomic E-state index is -0.961. The Kier molecular flexibility index (Phi) is 5.13. The van der Waals surface area contributed by atoms with Gasteiger partial charge in [0.15, 0.2) is 0 Å². The number of aromatic hydroxyl groups is 1. The summed E-state index contributed by atoms with van der Waals surface area (Å²) in [6, 6.07) is 13.6. The van der Waals surface area contributed by atoms with E-state index in [4.69, 9.17) is 5.11 Å². The lowest BCUT2D eigenvalue weighted by Gasteiger charge is -2.19. The first-order chi connectivity index (χ1) is 11.2. The fraction of sp³-hybridized carbons (Fsp3) is 0.286. The van der Waals surface area contributed by atoms with Crippen molar-refractivity contribution in [3.05, 3.63) is 59.2 Å². The number of hydrogen-bond acceptors (Lipinski definition) is 2. The van der Waals surface area contributed by atoms with Crippen LogP contribution in [0.3, 0.4) is 0 Å². The molecule has 126 valence electrons. The van der Waals surface area contributed by atoms with Crippen molar-refractivity contribution in [3.63, 3.8) is 0 Å². The van der Waals surface area contributed by atoms with Gasteiger partial charge in [-0.1, -0.05) is 58.0 Å². The number of carbonyl (C=O) groups is 1. The molecule has 2 rings (SSSR count). The van der Waals surface area contributed by atoms with Crippen molar-refractivity contribution in [2.24, 2.45) is 0 Å². The normalized spacial score (nSPS) is 12.2. The van der Waals surface area contributed by atoms with Crippen LogP contribution in [-0.2, 0) is 10.2 Å². The van der Waals surface area contributed by atoms with Gasteiger partial charge >= 0.3 is 5.97 Å². The monoisotopic (exact) mass is 324 g/mol. The minimum Gasteiger partial charge on any atom is -0.507 e. The van der Waals surface area contributed by atoms with E-state index in [-0.39, 0.29) is 16.7 Å². The highest BCUT2D eigenvalue weighted by Crippen LogP contribution is 2.30. The number of rotatable bonds is 4. The second-order valence-corrected chi connectivity index (χ2v) is 6.93. The molecule has 0 aliphatic carbocycles. The number of phenolic OH excluding ortho intramolecular Hbond substituents is 1. The van der Waals surface area contributed by atoms with Crippen LogP contribution in [-0.4, -0.2) is 16.2 Å². The zero-order valence-corrected chi connectivity index (χ0v) is 14.6. The molecule has 0 aliphatic heterocycles. The fourth-order valence-electron chi connectivity index (χ4n) is 2.52. The Labute approximate surface area is 143 Å². The third-order valence-corrected chi connectivity index (χ3v) is 4.10. The van der Waals surface area contributed by atoms with Crippen LogP contribution in [0.5, 0.6) is 5.75 Å². The SMILES string of the molecule is CCC(=Cc1cc(-c2ccc(C(C)(C)C)cc2)ccc1O)C(=O)O. The van der Waals surface area contributed by atoms with E-state index in [1.54, 1.807) is 13.0 Å². The second kappa shape index (κ2) is 6.91. The van der Waals surface area contributed by atoms with Gasteiger partial charge in [-0.05, 0) is 46.7 Å². The molecule has 0 spiro atoms. The third-order valence-electron chi connectivity index (χ3n) is 4.10.